The highest BCUT2D eigenvalue weighted by Crippen LogP contribution is 2.42. The molecule has 4 aliphatic rings. The second kappa shape index (κ2) is 9.13. The summed E-state index contributed by atoms with van der Waals surface area (Å²) in [6.45, 7) is 0. The van der Waals surface area contributed by atoms with E-state index in [-0.39, 0.29) is 11.6 Å². The molecule has 0 spiro atoms. The number of guanidine groups is 2. The Balaban J connectivity index is 1.32. The number of nitrogens with zero attached hydrogens (tertiary/aromatic N) is 5. The van der Waals surface area contributed by atoms with E-state index in [2.05, 4.69) is 0 Å². The number of aliphatic imine (C=N–C) groups is 4. The number of amidine groups is 1. The maximum Gasteiger partial charge on any atom is 0.239 e. The molecule has 0 N–H and O–H groups in total. The summed E-state index contributed by atoms with van der Waals surface area (Å²) in [6.07, 6.45) is 4.44. The summed E-state index contributed by atoms with van der Waals surface area (Å²) in [5.74, 6) is 0.269. The number of rotatable bonds is 3. The summed E-state index contributed by atoms with van der Waals surface area (Å²) in [6, 6.07) is 29.3. The lowest BCUT2D eigenvalue weighted by molar-refractivity contribution is 0.619. The Kier molecular flexibility index (Phi) is 5.25. The Morgan fingerprint density at radius 1 is 0.634 bits per heavy atom. The lowest BCUT2D eigenvalue weighted by Crippen LogP contribution is -2.43. The van der Waals surface area contributed by atoms with Gasteiger partial charge in [0.25, 0.3) is 0 Å². The number of hydrogen-bond acceptors (Lipinski definition) is 5. The minimum Gasteiger partial charge on any atom is -0.246 e. The van der Waals surface area contributed by atoms with Crippen molar-refractivity contribution in [2.75, 3.05) is 0 Å². The smallest absolute Gasteiger partial charge is 0.239 e. The molecular formula is C34H21F2N5. The zero-order valence-corrected chi connectivity index (χ0v) is 21.7. The first kappa shape index (κ1) is 23.6. The monoisotopic (exact) mass is 537 g/mol. The second-order valence-electron chi connectivity index (χ2n) is 10.2. The van der Waals surface area contributed by atoms with Crippen LogP contribution in [0.4, 0.5) is 8.78 Å². The largest absolute Gasteiger partial charge is 0.246 e. The van der Waals surface area contributed by atoms with Gasteiger partial charge in [0, 0.05) is 17.0 Å². The quantitative estimate of drug-likeness (QED) is 0.274. The Morgan fingerprint density at radius 3 is 2.10 bits per heavy atom. The van der Waals surface area contributed by atoms with Crippen molar-refractivity contribution in [2.24, 2.45) is 20.0 Å². The molecule has 0 radical (unpaired) electrons. The first-order valence-corrected chi connectivity index (χ1v) is 13.4. The van der Waals surface area contributed by atoms with E-state index in [0.29, 0.717) is 24.2 Å². The van der Waals surface area contributed by atoms with Crippen LogP contribution < -0.4 is 0 Å². The number of allylic oxidation sites excluding steroid dienone is 2. The van der Waals surface area contributed by atoms with Crippen LogP contribution in [0.3, 0.4) is 0 Å². The topological polar surface area (TPSA) is 52.7 Å². The van der Waals surface area contributed by atoms with Crippen LogP contribution in [0.5, 0.6) is 0 Å². The van der Waals surface area contributed by atoms with Crippen LogP contribution in [-0.4, -0.2) is 28.4 Å². The van der Waals surface area contributed by atoms with Gasteiger partial charge in [-0.3, -0.25) is 0 Å². The molecule has 4 aromatic rings. The van der Waals surface area contributed by atoms with E-state index in [1.165, 1.54) is 18.2 Å². The summed E-state index contributed by atoms with van der Waals surface area (Å²) in [5, 5.41) is 0. The van der Waals surface area contributed by atoms with E-state index in [0.717, 1.165) is 50.5 Å². The Bertz CT molecular complexity index is 1900. The van der Waals surface area contributed by atoms with Crippen molar-refractivity contribution in [3.63, 3.8) is 0 Å². The third-order valence-electron chi connectivity index (χ3n) is 7.72. The van der Waals surface area contributed by atoms with Gasteiger partial charge >= 0.3 is 0 Å². The molecule has 0 aromatic heterocycles. The zero-order valence-electron chi connectivity index (χ0n) is 21.7. The Morgan fingerprint density at radius 2 is 1.32 bits per heavy atom. The predicted molar refractivity (Wildman–Crippen MR) is 158 cm³/mol. The van der Waals surface area contributed by atoms with Crippen molar-refractivity contribution < 1.29 is 8.78 Å². The first-order valence-electron chi connectivity index (χ1n) is 13.4. The zero-order chi connectivity index (χ0) is 27.5. The van der Waals surface area contributed by atoms with E-state index < -0.39 is 5.92 Å². The summed E-state index contributed by atoms with van der Waals surface area (Å²) in [7, 11) is 0. The van der Waals surface area contributed by atoms with Gasteiger partial charge in [-0.25, -0.2) is 23.7 Å². The van der Waals surface area contributed by atoms with E-state index in [1.807, 2.05) is 77.7 Å². The standard InChI is InChI=1S/C34H21F2N5/c35-23-11-13-26-22(15-23)16-29(28-17-24(36)12-14-27(26)28)32-39-33-37-30(20-7-3-1-4-8-20)18-25-19-31(21-9-5-2-6-10-21)38-34(40-32)41(25)33/h1-15,17-19,29H,16H2. The molecule has 8 rings (SSSR count). The minimum absolute atomic E-state index is 0.315. The Labute approximate surface area is 235 Å². The molecule has 3 heterocycles. The van der Waals surface area contributed by atoms with Crippen LogP contribution >= 0.6 is 0 Å². The molecule has 1 unspecified atom stereocenters. The number of halogens is 2. The summed E-state index contributed by atoms with van der Waals surface area (Å²) >= 11 is 0. The van der Waals surface area contributed by atoms with Crippen LogP contribution in [0.2, 0.25) is 0 Å². The van der Waals surface area contributed by atoms with Crippen molar-refractivity contribution in [3.8, 4) is 11.1 Å². The van der Waals surface area contributed by atoms with Gasteiger partial charge in [0.15, 0.2) is 0 Å². The van der Waals surface area contributed by atoms with Crippen LogP contribution in [0.1, 0.15) is 28.2 Å². The molecule has 196 valence electrons. The highest BCUT2D eigenvalue weighted by Gasteiger charge is 2.37. The average molecular weight is 538 g/mol. The van der Waals surface area contributed by atoms with Crippen LogP contribution in [0.25, 0.3) is 16.8 Å². The van der Waals surface area contributed by atoms with E-state index in [9.17, 15) is 8.78 Å². The maximum absolute atomic E-state index is 14.6. The van der Waals surface area contributed by atoms with E-state index in [4.69, 9.17) is 20.0 Å². The fourth-order valence-corrected chi connectivity index (χ4v) is 5.82. The Hall–Kier alpha value is -5.30. The van der Waals surface area contributed by atoms with Gasteiger partial charge in [-0.15, -0.1) is 0 Å². The van der Waals surface area contributed by atoms with Crippen molar-refractivity contribution >= 4 is 29.2 Å². The molecule has 1 aliphatic carbocycles. The van der Waals surface area contributed by atoms with Gasteiger partial charge in [-0.1, -0.05) is 72.8 Å². The normalized spacial score (nSPS) is 18.5. The van der Waals surface area contributed by atoms with Crippen molar-refractivity contribution in [1.29, 1.82) is 0 Å². The molecule has 0 fully saturated rings. The van der Waals surface area contributed by atoms with Crippen molar-refractivity contribution in [2.45, 2.75) is 12.3 Å². The van der Waals surface area contributed by atoms with Gasteiger partial charge in [-0.2, -0.15) is 9.98 Å². The molecule has 0 bridgehead atoms. The number of fused-ring (bicyclic) bond motifs is 3. The van der Waals surface area contributed by atoms with E-state index >= 15 is 0 Å². The molecule has 0 amide bonds. The SMILES string of the molecule is Fc1ccc2c(c1)CC(C1=NC3=NC(c4ccccc4)=CC4=CC(c5ccccc5)=NC(=N1)N43)c1cc(F)ccc1-2. The third kappa shape index (κ3) is 3.97. The van der Waals surface area contributed by atoms with Crippen molar-refractivity contribution in [1.82, 2.24) is 4.90 Å². The second-order valence-corrected chi connectivity index (χ2v) is 10.2. The highest BCUT2D eigenvalue weighted by molar-refractivity contribution is 6.24. The summed E-state index contributed by atoms with van der Waals surface area (Å²) in [5.41, 5.74) is 7.62. The molecule has 1 atom stereocenters. The number of benzene rings is 4. The fraction of sp³-hybridized carbons (Fsp3) is 0.0588. The van der Waals surface area contributed by atoms with Gasteiger partial charge in [0.05, 0.1) is 17.1 Å². The highest BCUT2D eigenvalue weighted by atomic mass is 19.1. The molecule has 3 aliphatic heterocycles. The molecule has 41 heavy (non-hydrogen) atoms. The predicted octanol–water partition coefficient (Wildman–Crippen LogP) is 7.14. The molecule has 5 nitrogen and oxygen atoms in total. The van der Waals surface area contributed by atoms with Crippen LogP contribution in [0.15, 0.2) is 135 Å². The molecule has 0 saturated heterocycles. The molecule has 7 heteroatoms. The lowest BCUT2D eigenvalue weighted by Gasteiger charge is -2.35. The average Bonchev–Trinajstić information content (AvgIpc) is 3.01. The van der Waals surface area contributed by atoms with Gasteiger partial charge in [-0.05, 0) is 65.1 Å². The maximum atomic E-state index is 14.6. The van der Waals surface area contributed by atoms with Gasteiger partial charge < -0.3 is 0 Å². The molecule has 0 saturated carbocycles. The van der Waals surface area contributed by atoms with Gasteiger partial charge in [0.2, 0.25) is 11.9 Å². The fourth-order valence-electron chi connectivity index (χ4n) is 5.82. The number of hydrogen-bond donors (Lipinski definition) is 0. The molecule has 4 aromatic carbocycles. The third-order valence-corrected chi connectivity index (χ3v) is 7.72. The first-order chi connectivity index (χ1) is 20.1. The molecular weight excluding hydrogens is 516 g/mol. The van der Waals surface area contributed by atoms with Crippen LogP contribution in [0, 0.1) is 11.6 Å². The minimum atomic E-state index is -0.414. The van der Waals surface area contributed by atoms with Gasteiger partial charge in [0.1, 0.15) is 17.5 Å². The van der Waals surface area contributed by atoms with E-state index in [1.54, 1.807) is 18.2 Å². The summed E-state index contributed by atoms with van der Waals surface area (Å²) < 4.78 is 28.9. The lowest BCUT2D eigenvalue weighted by atomic mass is 9.78. The van der Waals surface area contributed by atoms with Crippen molar-refractivity contribution in [3.05, 3.63) is 149 Å². The van der Waals surface area contributed by atoms with Crippen LogP contribution in [-0.2, 0) is 6.42 Å². The summed E-state index contributed by atoms with van der Waals surface area (Å²) in [4.78, 5) is 21.6.